The van der Waals surface area contributed by atoms with Crippen LogP contribution in [0.25, 0.3) is 11.2 Å². The van der Waals surface area contributed by atoms with Crippen molar-refractivity contribution in [2.24, 2.45) is 0 Å². The van der Waals surface area contributed by atoms with Crippen molar-refractivity contribution in [1.82, 2.24) is 14.6 Å². The van der Waals surface area contributed by atoms with Crippen LogP contribution < -0.4 is 4.74 Å². The van der Waals surface area contributed by atoms with E-state index in [2.05, 4.69) is 22.3 Å². The second-order valence-corrected chi connectivity index (χ2v) is 7.63. The lowest BCUT2D eigenvalue weighted by Crippen LogP contribution is -2.07. The average Bonchev–Trinajstić information content (AvgIpc) is 3.43. The monoisotopic (exact) mass is 388 g/mol. The molecule has 3 heterocycles. The Bertz CT molecular complexity index is 1170. The topological polar surface area (TPSA) is 63.2 Å². The number of hydrogen-bond donors (Lipinski definition) is 0. The Balaban J connectivity index is 1.55. The van der Waals surface area contributed by atoms with E-state index in [1.807, 2.05) is 10.5 Å². The van der Waals surface area contributed by atoms with Gasteiger partial charge in [-0.2, -0.15) is 5.26 Å². The van der Waals surface area contributed by atoms with E-state index in [1.165, 1.54) is 18.1 Å². The number of fused-ring (bicyclic) bond motifs is 2. The summed E-state index contributed by atoms with van der Waals surface area (Å²) in [5, 5.41) is 18.3. The minimum atomic E-state index is -0.211. The zero-order chi connectivity index (χ0) is 19.8. The molecule has 0 N–H and O–H groups in total. The van der Waals surface area contributed by atoms with Gasteiger partial charge in [-0.1, -0.05) is 6.08 Å². The first-order valence-corrected chi connectivity index (χ1v) is 10.1. The number of nitriles is 1. The van der Waals surface area contributed by atoms with Crippen LogP contribution in [0.15, 0.2) is 30.6 Å². The fourth-order valence-electron chi connectivity index (χ4n) is 4.54. The van der Waals surface area contributed by atoms with Crippen LogP contribution in [0.2, 0.25) is 0 Å². The van der Waals surface area contributed by atoms with Crippen molar-refractivity contribution in [3.05, 3.63) is 64.4 Å². The van der Waals surface area contributed by atoms with E-state index < -0.39 is 0 Å². The van der Waals surface area contributed by atoms with Crippen LogP contribution in [-0.2, 0) is 19.3 Å². The maximum atomic E-state index is 14.5. The number of nitrogens with zero attached hydrogens (tertiary/aromatic N) is 4. The van der Waals surface area contributed by atoms with Crippen LogP contribution in [0.4, 0.5) is 4.39 Å². The first kappa shape index (κ1) is 17.9. The Labute approximate surface area is 168 Å². The van der Waals surface area contributed by atoms with Gasteiger partial charge in [0.1, 0.15) is 24.0 Å². The lowest BCUT2D eigenvalue weighted by Gasteiger charge is -2.16. The predicted molar refractivity (Wildman–Crippen MR) is 107 cm³/mol. The second kappa shape index (κ2) is 7.32. The summed E-state index contributed by atoms with van der Waals surface area (Å²) in [4.78, 5) is 0. The Morgan fingerprint density at radius 2 is 2.14 bits per heavy atom. The number of rotatable bonds is 4. The first-order chi connectivity index (χ1) is 14.3. The summed E-state index contributed by atoms with van der Waals surface area (Å²) in [6.07, 6.45) is 10.1. The third-order valence-electron chi connectivity index (χ3n) is 5.99. The molecule has 0 atom stereocenters. The standard InChI is InChI=1S/C23H21FN4O/c24-20-7-9-22-18(10-11-29-22)17(20)6-8-21-16(13-25)12-19(15-4-2-1-3-5-15)23-27-26-14-28(21)23/h4,7,9,12,14H,1-3,5-6,8,10-11H2. The highest BCUT2D eigenvalue weighted by atomic mass is 19.1. The molecule has 0 fully saturated rings. The Kier molecular flexibility index (Phi) is 4.51. The highest BCUT2D eigenvalue weighted by molar-refractivity contribution is 5.77. The molecule has 2 aromatic heterocycles. The minimum Gasteiger partial charge on any atom is -0.493 e. The van der Waals surface area contributed by atoms with Crippen molar-refractivity contribution in [2.45, 2.75) is 44.9 Å². The smallest absolute Gasteiger partial charge is 0.168 e. The molecular weight excluding hydrogens is 367 g/mol. The van der Waals surface area contributed by atoms with Crippen molar-refractivity contribution in [2.75, 3.05) is 6.61 Å². The van der Waals surface area contributed by atoms with E-state index in [-0.39, 0.29) is 5.82 Å². The average molecular weight is 388 g/mol. The Hall–Kier alpha value is -3.20. The molecular formula is C23H21FN4O. The SMILES string of the molecule is N#Cc1cc(C2=CCCCC2)c2nncn2c1CCc1c(F)ccc2c1CCO2. The van der Waals surface area contributed by atoms with Gasteiger partial charge >= 0.3 is 0 Å². The molecule has 3 aromatic rings. The summed E-state index contributed by atoms with van der Waals surface area (Å²) in [5.41, 5.74) is 6.06. The van der Waals surface area contributed by atoms with E-state index in [0.29, 0.717) is 30.6 Å². The van der Waals surface area contributed by atoms with Crippen molar-refractivity contribution in [1.29, 1.82) is 5.26 Å². The number of pyridine rings is 1. The lowest BCUT2D eigenvalue weighted by atomic mass is 9.92. The molecule has 5 nitrogen and oxygen atoms in total. The summed E-state index contributed by atoms with van der Waals surface area (Å²) < 4.78 is 22.0. The minimum absolute atomic E-state index is 0.211. The molecule has 0 bridgehead atoms. The van der Waals surface area contributed by atoms with E-state index in [9.17, 15) is 9.65 Å². The van der Waals surface area contributed by atoms with Crippen LogP contribution in [0.5, 0.6) is 5.75 Å². The molecule has 0 radical (unpaired) electrons. The van der Waals surface area contributed by atoms with Crippen LogP contribution in [0.3, 0.4) is 0 Å². The van der Waals surface area contributed by atoms with Gasteiger partial charge in [0, 0.05) is 23.2 Å². The zero-order valence-electron chi connectivity index (χ0n) is 16.1. The molecule has 29 heavy (non-hydrogen) atoms. The first-order valence-electron chi connectivity index (χ1n) is 10.1. The Morgan fingerprint density at radius 3 is 2.97 bits per heavy atom. The van der Waals surface area contributed by atoms with Gasteiger partial charge in [-0.25, -0.2) is 4.39 Å². The molecule has 0 saturated carbocycles. The van der Waals surface area contributed by atoms with Gasteiger partial charge in [-0.15, -0.1) is 10.2 Å². The van der Waals surface area contributed by atoms with Gasteiger partial charge in [0.25, 0.3) is 0 Å². The van der Waals surface area contributed by atoms with Gasteiger partial charge in [-0.05, 0) is 67.9 Å². The van der Waals surface area contributed by atoms with E-state index in [4.69, 9.17) is 4.74 Å². The van der Waals surface area contributed by atoms with Crippen molar-refractivity contribution in [3.8, 4) is 11.8 Å². The van der Waals surface area contributed by atoms with Gasteiger partial charge in [-0.3, -0.25) is 4.40 Å². The predicted octanol–water partition coefficient (Wildman–Crippen LogP) is 4.42. The number of aromatic nitrogens is 3. The van der Waals surface area contributed by atoms with Crippen LogP contribution in [0.1, 0.15) is 53.6 Å². The van der Waals surface area contributed by atoms with E-state index in [0.717, 1.165) is 53.9 Å². The molecule has 5 rings (SSSR count). The fraction of sp³-hybridized carbons (Fsp3) is 0.348. The highest BCUT2D eigenvalue weighted by Gasteiger charge is 2.21. The second-order valence-electron chi connectivity index (χ2n) is 7.63. The van der Waals surface area contributed by atoms with Crippen LogP contribution in [0, 0.1) is 17.1 Å². The van der Waals surface area contributed by atoms with E-state index in [1.54, 1.807) is 12.4 Å². The van der Waals surface area contributed by atoms with Gasteiger partial charge in [0.2, 0.25) is 0 Å². The van der Waals surface area contributed by atoms with Gasteiger partial charge < -0.3 is 4.74 Å². The van der Waals surface area contributed by atoms with Crippen LogP contribution in [-0.4, -0.2) is 21.2 Å². The number of hydrogen-bond acceptors (Lipinski definition) is 4. The molecule has 0 unspecified atom stereocenters. The van der Waals surface area contributed by atoms with Crippen molar-refractivity contribution < 1.29 is 9.13 Å². The summed E-state index contributed by atoms with van der Waals surface area (Å²) in [7, 11) is 0. The maximum Gasteiger partial charge on any atom is 0.168 e. The van der Waals surface area contributed by atoms with E-state index >= 15 is 0 Å². The molecule has 1 aromatic carbocycles. The summed E-state index contributed by atoms with van der Waals surface area (Å²) >= 11 is 0. The number of ether oxygens (including phenoxy) is 1. The normalized spacial score (nSPS) is 15.7. The molecule has 146 valence electrons. The number of allylic oxidation sites excluding steroid dienone is 2. The van der Waals surface area contributed by atoms with Gasteiger partial charge in [0.15, 0.2) is 5.65 Å². The number of benzene rings is 1. The molecule has 6 heteroatoms. The number of aryl methyl sites for hydroxylation is 1. The summed E-state index contributed by atoms with van der Waals surface area (Å²) in [6, 6.07) is 7.44. The number of halogens is 1. The van der Waals surface area contributed by atoms with Crippen molar-refractivity contribution in [3.63, 3.8) is 0 Å². The molecule has 2 aliphatic rings. The zero-order valence-corrected chi connectivity index (χ0v) is 16.1. The molecule has 0 saturated heterocycles. The molecule has 0 amide bonds. The summed E-state index contributed by atoms with van der Waals surface area (Å²) in [5.74, 6) is 0.563. The largest absolute Gasteiger partial charge is 0.493 e. The molecule has 1 aliphatic heterocycles. The van der Waals surface area contributed by atoms with Crippen molar-refractivity contribution >= 4 is 11.2 Å². The summed E-state index contributed by atoms with van der Waals surface area (Å²) in [6.45, 7) is 0.592. The molecule has 1 aliphatic carbocycles. The lowest BCUT2D eigenvalue weighted by molar-refractivity contribution is 0.356. The highest BCUT2D eigenvalue weighted by Crippen LogP contribution is 2.33. The fourth-order valence-corrected chi connectivity index (χ4v) is 4.54. The Morgan fingerprint density at radius 1 is 1.21 bits per heavy atom. The van der Waals surface area contributed by atoms with Crippen LogP contribution >= 0.6 is 0 Å². The quantitative estimate of drug-likeness (QED) is 0.664. The third-order valence-corrected chi connectivity index (χ3v) is 5.99. The molecule has 0 spiro atoms. The van der Waals surface area contributed by atoms with Gasteiger partial charge in [0.05, 0.1) is 12.2 Å². The third kappa shape index (κ3) is 3.07. The maximum absolute atomic E-state index is 14.5.